The minimum Gasteiger partial charge on any atom is -0.381 e. The molecule has 6 heteroatoms. The molecule has 0 aliphatic carbocycles. The average molecular weight is 314 g/mol. The third kappa shape index (κ3) is 4.32. The van der Waals surface area contributed by atoms with E-state index in [1.54, 1.807) is 19.2 Å². The number of aliphatic imine (C=N–C) groups is 1. The van der Waals surface area contributed by atoms with Gasteiger partial charge in [0.15, 0.2) is 5.96 Å². The summed E-state index contributed by atoms with van der Waals surface area (Å²) in [5.41, 5.74) is 0.480. The van der Waals surface area contributed by atoms with Crippen LogP contribution < -0.4 is 5.32 Å². The second-order valence-electron chi connectivity index (χ2n) is 5.21. The lowest BCUT2D eigenvalue weighted by atomic mass is 10.1. The van der Waals surface area contributed by atoms with Crippen LogP contribution in [-0.2, 0) is 11.3 Å². The molecule has 21 heavy (non-hydrogen) atoms. The molecular formula is C15H21ClFN3O. The third-order valence-corrected chi connectivity index (χ3v) is 3.96. The molecule has 0 saturated carbocycles. The maximum absolute atomic E-state index is 13.8. The van der Waals surface area contributed by atoms with Crippen LogP contribution in [0.1, 0.15) is 12.0 Å². The molecule has 116 valence electrons. The number of guanidine groups is 1. The Balaban J connectivity index is 1.95. The van der Waals surface area contributed by atoms with Gasteiger partial charge < -0.3 is 15.0 Å². The molecule has 1 fully saturated rings. The number of hydrogen-bond donors (Lipinski definition) is 1. The van der Waals surface area contributed by atoms with Gasteiger partial charge in [-0.05, 0) is 18.6 Å². The topological polar surface area (TPSA) is 36.9 Å². The van der Waals surface area contributed by atoms with Crippen LogP contribution in [0.3, 0.4) is 0 Å². The predicted octanol–water partition coefficient (Wildman–Crippen LogP) is 2.52. The van der Waals surface area contributed by atoms with E-state index in [1.165, 1.54) is 6.07 Å². The number of benzene rings is 1. The first-order valence-electron chi connectivity index (χ1n) is 7.04. The van der Waals surface area contributed by atoms with Crippen LogP contribution in [0.2, 0.25) is 5.02 Å². The van der Waals surface area contributed by atoms with E-state index in [-0.39, 0.29) is 5.82 Å². The van der Waals surface area contributed by atoms with E-state index in [9.17, 15) is 4.39 Å². The zero-order valence-corrected chi connectivity index (χ0v) is 13.2. The highest BCUT2D eigenvalue weighted by Gasteiger charge is 2.17. The van der Waals surface area contributed by atoms with Gasteiger partial charge in [-0.15, -0.1) is 0 Å². The number of ether oxygens (including phenoxy) is 1. The summed E-state index contributed by atoms with van der Waals surface area (Å²) in [5, 5.41) is 3.73. The van der Waals surface area contributed by atoms with Crippen LogP contribution in [0, 0.1) is 11.7 Å². The first-order valence-corrected chi connectivity index (χ1v) is 7.42. The highest BCUT2D eigenvalue weighted by Crippen LogP contribution is 2.20. The summed E-state index contributed by atoms with van der Waals surface area (Å²) in [6.45, 7) is 2.78. The van der Waals surface area contributed by atoms with Gasteiger partial charge in [-0.3, -0.25) is 4.99 Å². The Morgan fingerprint density at radius 3 is 3.00 bits per heavy atom. The molecule has 1 saturated heterocycles. The van der Waals surface area contributed by atoms with Crippen molar-refractivity contribution < 1.29 is 9.13 Å². The van der Waals surface area contributed by atoms with Crippen molar-refractivity contribution in [3.8, 4) is 0 Å². The molecule has 1 aromatic carbocycles. The lowest BCUT2D eigenvalue weighted by Crippen LogP contribution is -2.41. The molecule has 1 aliphatic heterocycles. The number of halogens is 2. The maximum Gasteiger partial charge on any atom is 0.193 e. The summed E-state index contributed by atoms with van der Waals surface area (Å²) in [7, 11) is 3.58. The van der Waals surface area contributed by atoms with Crippen molar-refractivity contribution in [1.29, 1.82) is 0 Å². The van der Waals surface area contributed by atoms with E-state index < -0.39 is 0 Å². The molecule has 1 aromatic rings. The number of nitrogens with zero attached hydrogens (tertiary/aromatic N) is 2. The van der Waals surface area contributed by atoms with E-state index in [4.69, 9.17) is 16.3 Å². The molecule has 0 aromatic heterocycles. The van der Waals surface area contributed by atoms with Crippen LogP contribution in [0.25, 0.3) is 0 Å². The minimum absolute atomic E-state index is 0.297. The fourth-order valence-electron chi connectivity index (χ4n) is 2.36. The highest BCUT2D eigenvalue weighted by atomic mass is 35.5. The van der Waals surface area contributed by atoms with Crippen molar-refractivity contribution in [3.05, 3.63) is 34.6 Å². The standard InChI is InChI=1S/C15H21ClFN3O/c1-18-15(19-8-11-6-7-21-10-11)20(2)9-12-13(16)4-3-5-14(12)17/h3-5,11H,6-10H2,1-2H3,(H,18,19). The summed E-state index contributed by atoms with van der Waals surface area (Å²) in [4.78, 5) is 6.09. The van der Waals surface area contributed by atoms with Gasteiger partial charge in [0.1, 0.15) is 5.82 Å². The Labute approximate surface area is 129 Å². The first-order chi connectivity index (χ1) is 10.1. The monoisotopic (exact) mass is 313 g/mol. The van der Waals surface area contributed by atoms with Gasteiger partial charge in [0.25, 0.3) is 0 Å². The van der Waals surface area contributed by atoms with Gasteiger partial charge in [-0.1, -0.05) is 17.7 Å². The summed E-state index contributed by atoms with van der Waals surface area (Å²) < 4.78 is 19.2. The van der Waals surface area contributed by atoms with Crippen LogP contribution in [0.4, 0.5) is 4.39 Å². The quantitative estimate of drug-likeness (QED) is 0.685. The van der Waals surface area contributed by atoms with E-state index in [2.05, 4.69) is 10.3 Å². The Hall–Kier alpha value is -1.33. The summed E-state index contributed by atoms with van der Waals surface area (Å²) in [5.74, 6) is 0.933. The van der Waals surface area contributed by atoms with Crippen LogP contribution in [-0.4, -0.2) is 44.7 Å². The molecule has 1 unspecified atom stereocenters. The minimum atomic E-state index is -0.297. The Morgan fingerprint density at radius 1 is 1.57 bits per heavy atom. The average Bonchev–Trinajstić information content (AvgIpc) is 2.97. The number of hydrogen-bond acceptors (Lipinski definition) is 2. The van der Waals surface area contributed by atoms with Crippen molar-refractivity contribution in [1.82, 2.24) is 10.2 Å². The molecular weight excluding hydrogens is 293 g/mol. The van der Waals surface area contributed by atoms with E-state index >= 15 is 0 Å². The van der Waals surface area contributed by atoms with Crippen molar-refractivity contribution in [3.63, 3.8) is 0 Å². The van der Waals surface area contributed by atoms with Crippen molar-refractivity contribution in [2.75, 3.05) is 33.9 Å². The fourth-order valence-corrected chi connectivity index (χ4v) is 2.58. The zero-order chi connectivity index (χ0) is 15.2. The summed E-state index contributed by atoms with van der Waals surface area (Å²) in [6, 6.07) is 4.72. The molecule has 1 aliphatic rings. The normalized spacial score (nSPS) is 18.9. The maximum atomic E-state index is 13.8. The Bertz CT molecular complexity index is 483. The largest absolute Gasteiger partial charge is 0.381 e. The van der Waals surface area contributed by atoms with Gasteiger partial charge in [-0.25, -0.2) is 4.39 Å². The number of nitrogens with one attached hydrogen (secondary N) is 1. The van der Waals surface area contributed by atoms with Crippen LogP contribution in [0.15, 0.2) is 23.2 Å². The van der Waals surface area contributed by atoms with E-state index in [1.807, 2.05) is 11.9 Å². The van der Waals surface area contributed by atoms with Gasteiger partial charge in [0.05, 0.1) is 6.61 Å². The van der Waals surface area contributed by atoms with Crippen molar-refractivity contribution >= 4 is 17.6 Å². The Kier molecular flexibility index (Phi) is 5.82. The third-order valence-electron chi connectivity index (χ3n) is 3.60. The molecule has 1 heterocycles. The predicted molar refractivity (Wildman–Crippen MR) is 83.2 cm³/mol. The molecule has 0 radical (unpaired) electrons. The molecule has 0 bridgehead atoms. The molecule has 1 N–H and O–H groups in total. The van der Waals surface area contributed by atoms with E-state index in [0.717, 1.165) is 32.1 Å². The highest BCUT2D eigenvalue weighted by molar-refractivity contribution is 6.31. The molecule has 4 nitrogen and oxygen atoms in total. The summed E-state index contributed by atoms with van der Waals surface area (Å²) in [6.07, 6.45) is 1.06. The second kappa shape index (κ2) is 7.61. The lowest BCUT2D eigenvalue weighted by Gasteiger charge is -2.23. The molecule has 0 amide bonds. The van der Waals surface area contributed by atoms with Gasteiger partial charge in [0, 0.05) is 50.3 Å². The van der Waals surface area contributed by atoms with Gasteiger partial charge in [-0.2, -0.15) is 0 Å². The Morgan fingerprint density at radius 2 is 2.38 bits per heavy atom. The lowest BCUT2D eigenvalue weighted by molar-refractivity contribution is 0.186. The summed E-state index contributed by atoms with van der Waals surface area (Å²) >= 11 is 6.06. The van der Waals surface area contributed by atoms with Crippen molar-refractivity contribution in [2.24, 2.45) is 10.9 Å². The molecule has 2 rings (SSSR count). The van der Waals surface area contributed by atoms with Crippen LogP contribution in [0.5, 0.6) is 0 Å². The van der Waals surface area contributed by atoms with Gasteiger partial charge in [0.2, 0.25) is 0 Å². The first kappa shape index (κ1) is 16.0. The smallest absolute Gasteiger partial charge is 0.193 e. The number of rotatable bonds is 4. The molecule has 1 atom stereocenters. The fraction of sp³-hybridized carbons (Fsp3) is 0.533. The second-order valence-corrected chi connectivity index (χ2v) is 5.62. The van der Waals surface area contributed by atoms with E-state index in [0.29, 0.717) is 23.0 Å². The zero-order valence-electron chi connectivity index (χ0n) is 12.4. The van der Waals surface area contributed by atoms with Gasteiger partial charge >= 0.3 is 0 Å². The SMILES string of the molecule is CN=C(NCC1CCOC1)N(C)Cc1c(F)cccc1Cl. The van der Waals surface area contributed by atoms with Crippen LogP contribution >= 0.6 is 11.6 Å². The van der Waals surface area contributed by atoms with Crippen molar-refractivity contribution in [2.45, 2.75) is 13.0 Å². The molecule has 0 spiro atoms.